The van der Waals surface area contributed by atoms with Gasteiger partial charge >= 0.3 is 0 Å². The first-order valence-electron chi connectivity index (χ1n) is 5.29. The van der Waals surface area contributed by atoms with Crippen molar-refractivity contribution in [2.24, 2.45) is 10.7 Å². The zero-order chi connectivity index (χ0) is 11.4. The lowest BCUT2D eigenvalue weighted by molar-refractivity contribution is 0.455. The zero-order valence-corrected chi connectivity index (χ0v) is 13.7. The van der Waals surface area contributed by atoms with Crippen molar-refractivity contribution in [3.8, 4) is 0 Å². The van der Waals surface area contributed by atoms with Gasteiger partial charge in [-0.1, -0.05) is 0 Å². The lowest BCUT2D eigenvalue weighted by Gasteiger charge is -2.27. The molecule has 2 heterocycles. The predicted molar refractivity (Wildman–Crippen MR) is 86.5 cm³/mol. The van der Waals surface area contributed by atoms with Crippen LogP contribution in [0.15, 0.2) is 11.2 Å². The van der Waals surface area contributed by atoms with Crippen LogP contribution in [-0.4, -0.2) is 40.4 Å². The smallest absolute Gasteiger partial charge is 0.191 e. The Kier molecular flexibility index (Phi) is 6.57. The molecule has 1 aromatic heterocycles. The number of aliphatic imine (C=N–C) groups is 1. The van der Waals surface area contributed by atoms with Gasteiger partial charge in [0.1, 0.15) is 5.01 Å². The highest BCUT2D eigenvalue weighted by Crippen LogP contribution is 2.13. The topological polar surface area (TPSA) is 54.5 Å². The molecule has 0 radical (unpaired) electrons. The summed E-state index contributed by atoms with van der Waals surface area (Å²) in [6.45, 7) is 4.68. The SMILES string of the molecule is Cc1cnc(CN=C(N)N2CCSCC2)s1.I. The van der Waals surface area contributed by atoms with E-state index in [4.69, 9.17) is 5.73 Å². The molecule has 0 atom stereocenters. The highest BCUT2D eigenvalue weighted by atomic mass is 127. The van der Waals surface area contributed by atoms with E-state index in [0.29, 0.717) is 12.5 Å². The molecule has 4 nitrogen and oxygen atoms in total. The summed E-state index contributed by atoms with van der Waals surface area (Å²) in [4.78, 5) is 12.0. The number of hydrogen-bond acceptors (Lipinski definition) is 4. The van der Waals surface area contributed by atoms with E-state index in [1.165, 1.54) is 4.88 Å². The molecule has 1 saturated heterocycles. The van der Waals surface area contributed by atoms with Gasteiger partial charge in [0.2, 0.25) is 0 Å². The molecular formula is C10H17IN4S2. The molecule has 0 saturated carbocycles. The highest BCUT2D eigenvalue weighted by molar-refractivity contribution is 14.0. The Bertz CT molecular complexity index is 374. The average molecular weight is 384 g/mol. The van der Waals surface area contributed by atoms with E-state index in [0.717, 1.165) is 29.6 Å². The minimum Gasteiger partial charge on any atom is -0.370 e. The van der Waals surface area contributed by atoms with E-state index in [9.17, 15) is 0 Å². The van der Waals surface area contributed by atoms with Gasteiger partial charge in [-0.2, -0.15) is 11.8 Å². The summed E-state index contributed by atoms with van der Waals surface area (Å²) < 4.78 is 0. The highest BCUT2D eigenvalue weighted by Gasteiger charge is 2.11. The summed E-state index contributed by atoms with van der Waals surface area (Å²) >= 11 is 3.65. The molecule has 0 aromatic carbocycles. The second-order valence-electron chi connectivity index (χ2n) is 3.64. The Morgan fingerprint density at radius 2 is 2.24 bits per heavy atom. The van der Waals surface area contributed by atoms with Crippen molar-refractivity contribution < 1.29 is 0 Å². The summed E-state index contributed by atoms with van der Waals surface area (Å²) in [6.07, 6.45) is 1.88. The monoisotopic (exact) mass is 384 g/mol. The van der Waals surface area contributed by atoms with Crippen molar-refractivity contribution in [1.82, 2.24) is 9.88 Å². The van der Waals surface area contributed by atoms with Crippen LogP contribution in [0.5, 0.6) is 0 Å². The Morgan fingerprint density at radius 1 is 1.53 bits per heavy atom. The van der Waals surface area contributed by atoms with Crippen LogP contribution in [0.4, 0.5) is 0 Å². The largest absolute Gasteiger partial charge is 0.370 e. The molecule has 0 unspecified atom stereocenters. The van der Waals surface area contributed by atoms with Gasteiger partial charge in [-0.25, -0.2) is 9.98 Å². The van der Waals surface area contributed by atoms with Crippen molar-refractivity contribution in [3.05, 3.63) is 16.1 Å². The second kappa shape index (κ2) is 7.42. The minimum absolute atomic E-state index is 0. The van der Waals surface area contributed by atoms with Gasteiger partial charge in [-0.05, 0) is 6.92 Å². The van der Waals surface area contributed by atoms with Crippen LogP contribution in [0.2, 0.25) is 0 Å². The number of aromatic nitrogens is 1. The third-order valence-corrected chi connectivity index (χ3v) is 4.22. The summed E-state index contributed by atoms with van der Waals surface area (Å²) in [7, 11) is 0. The first-order valence-corrected chi connectivity index (χ1v) is 7.27. The third kappa shape index (κ3) is 4.63. The van der Waals surface area contributed by atoms with Crippen LogP contribution in [-0.2, 0) is 6.54 Å². The van der Waals surface area contributed by atoms with Gasteiger partial charge in [-0.3, -0.25) is 0 Å². The first-order chi connectivity index (χ1) is 7.75. The quantitative estimate of drug-likeness (QED) is 0.481. The van der Waals surface area contributed by atoms with Gasteiger partial charge in [0.15, 0.2) is 5.96 Å². The van der Waals surface area contributed by atoms with Crippen LogP contribution in [0.3, 0.4) is 0 Å². The van der Waals surface area contributed by atoms with Crippen molar-refractivity contribution in [1.29, 1.82) is 0 Å². The lowest BCUT2D eigenvalue weighted by Crippen LogP contribution is -2.42. The molecule has 0 bridgehead atoms. The fraction of sp³-hybridized carbons (Fsp3) is 0.600. The second-order valence-corrected chi connectivity index (χ2v) is 6.18. The summed E-state index contributed by atoms with van der Waals surface area (Å²) in [5, 5.41) is 1.03. The molecule has 2 rings (SSSR count). The van der Waals surface area contributed by atoms with Gasteiger partial charge in [0.25, 0.3) is 0 Å². The van der Waals surface area contributed by atoms with E-state index in [1.807, 2.05) is 18.0 Å². The average Bonchev–Trinajstić information content (AvgIpc) is 2.73. The van der Waals surface area contributed by atoms with Crippen molar-refractivity contribution in [3.63, 3.8) is 0 Å². The number of rotatable bonds is 2. The van der Waals surface area contributed by atoms with Crippen molar-refractivity contribution in [2.75, 3.05) is 24.6 Å². The molecule has 1 aromatic rings. The summed E-state index contributed by atoms with van der Waals surface area (Å²) in [5.74, 6) is 2.95. The number of halogens is 1. The van der Waals surface area contributed by atoms with Crippen LogP contribution in [0.25, 0.3) is 0 Å². The normalized spacial score (nSPS) is 16.8. The number of aryl methyl sites for hydroxylation is 1. The van der Waals surface area contributed by atoms with Crippen molar-refractivity contribution >= 4 is 53.0 Å². The molecule has 1 aliphatic rings. The van der Waals surface area contributed by atoms with E-state index in [1.54, 1.807) is 11.3 Å². The van der Waals surface area contributed by atoms with Crippen LogP contribution in [0.1, 0.15) is 9.88 Å². The van der Waals surface area contributed by atoms with E-state index < -0.39 is 0 Å². The summed E-state index contributed by atoms with van der Waals surface area (Å²) in [5.41, 5.74) is 5.95. The number of thiazole rings is 1. The molecule has 96 valence electrons. The zero-order valence-electron chi connectivity index (χ0n) is 9.76. The minimum atomic E-state index is 0. The maximum absolute atomic E-state index is 5.95. The lowest BCUT2D eigenvalue weighted by atomic mass is 10.5. The molecular weight excluding hydrogens is 367 g/mol. The van der Waals surface area contributed by atoms with E-state index in [-0.39, 0.29) is 24.0 Å². The Labute approximate surface area is 127 Å². The Hall–Kier alpha value is -0.0200. The van der Waals surface area contributed by atoms with Crippen molar-refractivity contribution in [2.45, 2.75) is 13.5 Å². The van der Waals surface area contributed by atoms with E-state index in [2.05, 4.69) is 21.8 Å². The molecule has 1 fully saturated rings. The molecule has 2 N–H and O–H groups in total. The molecule has 0 amide bonds. The fourth-order valence-corrected chi connectivity index (χ4v) is 3.13. The molecule has 17 heavy (non-hydrogen) atoms. The Balaban J connectivity index is 0.00000144. The maximum Gasteiger partial charge on any atom is 0.191 e. The van der Waals surface area contributed by atoms with Crippen LogP contribution in [0, 0.1) is 6.92 Å². The molecule has 7 heteroatoms. The first kappa shape index (κ1) is 15.0. The van der Waals surface area contributed by atoms with Crippen LogP contribution >= 0.6 is 47.1 Å². The number of nitrogens with zero attached hydrogens (tertiary/aromatic N) is 3. The molecule has 1 aliphatic heterocycles. The summed E-state index contributed by atoms with van der Waals surface area (Å²) in [6, 6.07) is 0. The van der Waals surface area contributed by atoms with Gasteiger partial charge in [0.05, 0.1) is 6.54 Å². The number of nitrogens with two attached hydrogens (primary N) is 1. The molecule has 0 aliphatic carbocycles. The van der Waals surface area contributed by atoms with Crippen LogP contribution < -0.4 is 5.73 Å². The third-order valence-electron chi connectivity index (χ3n) is 2.38. The van der Waals surface area contributed by atoms with Gasteiger partial charge in [-0.15, -0.1) is 35.3 Å². The van der Waals surface area contributed by atoms with Gasteiger partial charge in [0, 0.05) is 35.7 Å². The fourth-order valence-electron chi connectivity index (χ4n) is 1.52. The Morgan fingerprint density at radius 3 is 2.82 bits per heavy atom. The number of thioether (sulfide) groups is 1. The maximum atomic E-state index is 5.95. The number of guanidine groups is 1. The standard InChI is InChI=1S/C10H16N4S2.HI/c1-8-6-12-9(16-8)7-13-10(11)14-2-4-15-5-3-14;/h6H,2-5,7H2,1H3,(H2,11,13);1H. The van der Waals surface area contributed by atoms with Gasteiger partial charge < -0.3 is 10.6 Å². The number of hydrogen-bond donors (Lipinski definition) is 1. The predicted octanol–water partition coefficient (Wildman–Crippen LogP) is 1.93. The van der Waals surface area contributed by atoms with E-state index >= 15 is 0 Å². The molecule has 0 spiro atoms.